The summed E-state index contributed by atoms with van der Waals surface area (Å²) < 4.78 is 25.6. The van der Waals surface area contributed by atoms with Gasteiger partial charge in [0.15, 0.2) is 11.5 Å². The Balaban J connectivity index is 1.57. The second-order valence-corrected chi connectivity index (χ2v) is 6.78. The summed E-state index contributed by atoms with van der Waals surface area (Å²) in [5.74, 6) is 0.886. The van der Waals surface area contributed by atoms with E-state index in [9.17, 15) is 9.18 Å². The van der Waals surface area contributed by atoms with Gasteiger partial charge in [0.2, 0.25) is 0 Å². The highest BCUT2D eigenvalue weighted by atomic mass is 19.1. The van der Waals surface area contributed by atoms with Gasteiger partial charge in [-0.1, -0.05) is 0 Å². The number of hydrogen-bond acceptors (Lipinski definition) is 6. The Morgan fingerprint density at radius 3 is 2.68 bits per heavy atom. The number of aromatic nitrogens is 2. The van der Waals surface area contributed by atoms with Crippen molar-refractivity contribution in [1.29, 1.82) is 0 Å². The molecule has 0 bridgehead atoms. The van der Waals surface area contributed by atoms with Gasteiger partial charge in [-0.2, -0.15) is 0 Å². The summed E-state index contributed by atoms with van der Waals surface area (Å²) >= 11 is 0. The summed E-state index contributed by atoms with van der Waals surface area (Å²) in [5.41, 5.74) is -1.71. The van der Waals surface area contributed by atoms with Gasteiger partial charge in [-0.15, -0.1) is 0 Å². The highest BCUT2D eigenvalue weighted by molar-refractivity contribution is 5.86. The highest BCUT2D eigenvalue weighted by Crippen LogP contribution is 2.39. The van der Waals surface area contributed by atoms with Crippen LogP contribution in [0.4, 0.5) is 10.2 Å². The number of amides is 1. The van der Waals surface area contributed by atoms with Gasteiger partial charge in [0.05, 0.1) is 26.4 Å². The molecule has 0 N–H and O–H groups in total. The van der Waals surface area contributed by atoms with Crippen LogP contribution in [-0.4, -0.2) is 72.5 Å². The molecule has 25 heavy (non-hydrogen) atoms. The lowest BCUT2D eigenvalue weighted by atomic mass is 9.80. The lowest BCUT2D eigenvalue weighted by Crippen LogP contribution is -2.54. The number of ether oxygens (including phenoxy) is 2. The molecule has 3 heterocycles. The number of nitrogens with zero attached hydrogens (tertiary/aromatic N) is 4. The number of morpholine rings is 2. The first-order chi connectivity index (χ1) is 12.2. The minimum atomic E-state index is -1.71. The van der Waals surface area contributed by atoms with Gasteiger partial charge in [-0.05, 0) is 25.3 Å². The van der Waals surface area contributed by atoms with E-state index < -0.39 is 17.6 Å². The third-order valence-electron chi connectivity index (χ3n) is 5.21. The van der Waals surface area contributed by atoms with Gasteiger partial charge in [0, 0.05) is 25.8 Å². The van der Waals surface area contributed by atoms with Crippen molar-refractivity contribution in [3.05, 3.63) is 18.1 Å². The van der Waals surface area contributed by atoms with Gasteiger partial charge < -0.3 is 19.3 Å². The van der Waals surface area contributed by atoms with Crippen LogP contribution >= 0.6 is 0 Å². The molecule has 1 aliphatic carbocycles. The number of halogens is 1. The minimum Gasteiger partial charge on any atom is -0.378 e. The van der Waals surface area contributed by atoms with Gasteiger partial charge in [0.1, 0.15) is 11.9 Å². The topological polar surface area (TPSA) is 67.8 Å². The fourth-order valence-electron chi connectivity index (χ4n) is 3.51. The van der Waals surface area contributed by atoms with Crippen molar-refractivity contribution in [2.24, 2.45) is 0 Å². The second kappa shape index (κ2) is 6.84. The number of carbonyl (C=O) groups is 1. The number of alkyl halides is 1. The largest absolute Gasteiger partial charge is 0.378 e. The predicted molar refractivity (Wildman–Crippen MR) is 88.0 cm³/mol. The normalized spacial score (nSPS) is 26.2. The molecule has 7 nitrogen and oxygen atoms in total. The molecule has 4 rings (SSSR count). The van der Waals surface area contributed by atoms with E-state index in [1.54, 1.807) is 11.1 Å². The Hall–Kier alpha value is -1.80. The fourth-order valence-corrected chi connectivity index (χ4v) is 3.51. The average Bonchev–Trinajstić information content (AvgIpc) is 2.66. The summed E-state index contributed by atoms with van der Waals surface area (Å²) in [6, 6.07) is 1.42. The first kappa shape index (κ1) is 16.7. The summed E-state index contributed by atoms with van der Waals surface area (Å²) in [6.07, 6.45) is 3.08. The fraction of sp³-hybridized carbons (Fsp3) is 0.706. The Kier molecular flexibility index (Phi) is 4.56. The molecule has 1 saturated carbocycles. The maximum absolute atomic E-state index is 14.6. The van der Waals surface area contributed by atoms with Crippen molar-refractivity contribution in [1.82, 2.24) is 14.9 Å². The van der Waals surface area contributed by atoms with Crippen LogP contribution < -0.4 is 4.90 Å². The highest BCUT2D eigenvalue weighted by Gasteiger charge is 2.49. The van der Waals surface area contributed by atoms with E-state index >= 15 is 0 Å². The Morgan fingerprint density at radius 1 is 1.20 bits per heavy atom. The summed E-state index contributed by atoms with van der Waals surface area (Å²) in [5, 5.41) is 0. The van der Waals surface area contributed by atoms with Crippen molar-refractivity contribution < 1.29 is 18.7 Å². The summed E-state index contributed by atoms with van der Waals surface area (Å²) in [6.45, 7) is 3.97. The Morgan fingerprint density at radius 2 is 1.96 bits per heavy atom. The maximum atomic E-state index is 14.6. The zero-order valence-corrected chi connectivity index (χ0v) is 14.2. The number of rotatable bonds is 3. The third-order valence-corrected chi connectivity index (χ3v) is 5.21. The molecule has 3 fully saturated rings. The Labute approximate surface area is 146 Å². The van der Waals surface area contributed by atoms with E-state index in [4.69, 9.17) is 9.47 Å². The molecule has 0 spiro atoms. The van der Waals surface area contributed by atoms with E-state index in [-0.39, 0.29) is 0 Å². The molecule has 3 aliphatic rings. The monoisotopic (exact) mass is 350 g/mol. The van der Waals surface area contributed by atoms with Crippen molar-refractivity contribution in [3.8, 4) is 0 Å². The molecule has 8 heteroatoms. The van der Waals surface area contributed by atoms with Crippen molar-refractivity contribution >= 4 is 11.7 Å². The van der Waals surface area contributed by atoms with Crippen molar-refractivity contribution in [2.75, 3.05) is 51.0 Å². The molecule has 2 saturated heterocycles. The molecule has 1 amide bonds. The van der Waals surface area contributed by atoms with E-state index in [0.717, 1.165) is 25.3 Å². The summed E-state index contributed by atoms with van der Waals surface area (Å²) in [4.78, 5) is 25.4. The first-order valence-electron chi connectivity index (χ1n) is 8.91. The van der Waals surface area contributed by atoms with Crippen molar-refractivity contribution in [3.63, 3.8) is 0 Å². The van der Waals surface area contributed by atoms with Crippen LogP contribution in [-0.2, 0) is 14.3 Å². The number of anilines is 1. The maximum Gasteiger partial charge on any atom is 0.261 e. The van der Waals surface area contributed by atoms with Crippen LogP contribution in [0.3, 0.4) is 0 Å². The predicted octanol–water partition coefficient (Wildman–Crippen LogP) is 1.11. The molecule has 1 unspecified atom stereocenters. The second-order valence-electron chi connectivity index (χ2n) is 6.78. The van der Waals surface area contributed by atoms with Gasteiger partial charge in [-0.25, -0.2) is 14.4 Å². The van der Waals surface area contributed by atoms with E-state index in [0.29, 0.717) is 51.6 Å². The van der Waals surface area contributed by atoms with Crippen LogP contribution in [0.2, 0.25) is 0 Å². The molecular weight excluding hydrogens is 327 g/mol. The number of carbonyl (C=O) groups excluding carboxylic acids is 1. The van der Waals surface area contributed by atoms with Crippen LogP contribution in [0.15, 0.2) is 12.3 Å². The van der Waals surface area contributed by atoms with E-state index in [2.05, 4.69) is 14.9 Å². The lowest BCUT2D eigenvalue weighted by Gasteiger charge is -2.42. The van der Waals surface area contributed by atoms with Crippen LogP contribution in [0.1, 0.15) is 31.1 Å². The van der Waals surface area contributed by atoms with E-state index in [1.807, 2.05) is 6.07 Å². The van der Waals surface area contributed by atoms with Gasteiger partial charge >= 0.3 is 0 Å². The minimum absolute atomic E-state index is 0.300. The zero-order valence-electron chi connectivity index (χ0n) is 14.2. The molecule has 1 atom stereocenters. The van der Waals surface area contributed by atoms with Crippen LogP contribution in [0, 0.1) is 0 Å². The SMILES string of the molecule is O=C(N1CCOCC1c1nccc(N2CCOCC2)n1)C1(F)CCC1. The molecule has 2 aliphatic heterocycles. The smallest absolute Gasteiger partial charge is 0.261 e. The third kappa shape index (κ3) is 3.20. The molecule has 1 aromatic rings. The Bertz CT molecular complexity index is 634. The molecule has 0 aromatic carbocycles. The van der Waals surface area contributed by atoms with Gasteiger partial charge in [0.25, 0.3) is 5.91 Å². The van der Waals surface area contributed by atoms with E-state index in [1.165, 1.54) is 0 Å². The standard InChI is InChI=1S/C17H23FN4O3/c18-17(3-1-4-17)16(23)22-8-11-25-12-13(22)15-19-5-2-14(20-15)21-6-9-24-10-7-21/h2,5,13H,1,3-4,6-12H2. The van der Waals surface area contributed by atoms with Gasteiger partial charge in [-0.3, -0.25) is 4.79 Å². The molecular formula is C17H23FN4O3. The lowest BCUT2D eigenvalue weighted by molar-refractivity contribution is -0.159. The molecule has 0 radical (unpaired) electrons. The average molecular weight is 350 g/mol. The molecule has 1 aromatic heterocycles. The zero-order chi connectivity index (χ0) is 17.3. The number of hydrogen-bond donors (Lipinski definition) is 0. The van der Waals surface area contributed by atoms with Crippen LogP contribution in [0.5, 0.6) is 0 Å². The van der Waals surface area contributed by atoms with Crippen molar-refractivity contribution in [2.45, 2.75) is 31.0 Å². The summed E-state index contributed by atoms with van der Waals surface area (Å²) in [7, 11) is 0. The van der Waals surface area contributed by atoms with Crippen LogP contribution in [0.25, 0.3) is 0 Å². The quantitative estimate of drug-likeness (QED) is 0.813. The molecule has 136 valence electrons. The first-order valence-corrected chi connectivity index (χ1v) is 8.91.